The molecule has 0 aromatic carbocycles. The van der Waals surface area contributed by atoms with Gasteiger partial charge in [-0.2, -0.15) is 0 Å². The van der Waals surface area contributed by atoms with Crippen LogP contribution in [0.3, 0.4) is 0 Å². The van der Waals surface area contributed by atoms with Gasteiger partial charge in [0.05, 0.1) is 0 Å². The highest BCUT2D eigenvalue weighted by molar-refractivity contribution is 5.90. The number of hydrogen-bond acceptors (Lipinski definition) is 1. The van der Waals surface area contributed by atoms with Gasteiger partial charge in [0.15, 0.2) is 5.83 Å². The van der Waals surface area contributed by atoms with E-state index in [0.717, 1.165) is 12.8 Å². The van der Waals surface area contributed by atoms with Crippen molar-refractivity contribution in [1.82, 2.24) is 5.32 Å². The summed E-state index contributed by atoms with van der Waals surface area (Å²) in [7, 11) is 1.43. The predicted molar refractivity (Wildman–Crippen MR) is 65.9 cm³/mol. The highest BCUT2D eigenvalue weighted by Gasteiger charge is 2.03. The average molecular weight is 229 g/mol. The molecule has 0 rings (SSSR count). The fourth-order valence-electron chi connectivity index (χ4n) is 1.54. The second kappa shape index (κ2) is 10.7. The van der Waals surface area contributed by atoms with Crippen LogP contribution >= 0.6 is 0 Å². The fourth-order valence-corrected chi connectivity index (χ4v) is 1.54. The third-order valence-electron chi connectivity index (χ3n) is 2.58. The SMILES string of the molecule is CCCCCCCCC/C=C(/F)C(=O)NC. The van der Waals surface area contributed by atoms with Gasteiger partial charge in [-0.15, -0.1) is 0 Å². The van der Waals surface area contributed by atoms with Gasteiger partial charge in [0, 0.05) is 7.05 Å². The van der Waals surface area contributed by atoms with Crippen molar-refractivity contribution in [3.63, 3.8) is 0 Å². The maximum Gasteiger partial charge on any atom is 0.279 e. The molecule has 16 heavy (non-hydrogen) atoms. The van der Waals surface area contributed by atoms with Crippen LogP contribution in [0.5, 0.6) is 0 Å². The molecule has 0 saturated carbocycles. The van der Waals surface area contributed by atoms with Crippen LogP contribution in [-0.4, -0.2) is 13.0 Å². The van der Waals surface area contributed by atoms with Crippen LogP contribution < -0.4 is 5.32 Å². The summed E-state index contributed by atoms with van der Waals surface area (Å²) >= 11 is 0. The zero-order valence-electron chi connectivity index (χ0n) is 10.5. The summed E-state index contributed by atoms with van der Waals surface area (Å²) in [6.07, 6.45) is 10.5. The first-order chi connectivity index (χ1) is 7.72. The number of halogens is 1. The van der Waals surface area contributed by atoms with Crippen LogP contribution in [0.2, 0.25) is 0 Å². The molecule has 0 unspecified atom stereocenters. The molecule has 0 radical (unpaired) electrons. The Morgan fingerprint density at radius 2 is 1.69 bits per heavy atom. The van der Waals surface area contributed by atoms with Crippen LogP contribution in [0.4, 0.5) is 4.39 Å². The predicted octanol–water partition coefficient (Wildman–Crippen LogP) is 3.73. The van der Waals surface area contributed by atoms with Crippen molar-refractivity contribution in [2.75, 3.05) is 7.05 Å². The van der Waals surface area contributed by atoms with Gasteiger partial charge in [-0.1, -0.05) is 45.4 Å². The molecule has 1 N–H and O–H groups in total. The highest BCUT2D eigenvalue weighted by atomic mass is 19.1. The number of amides is 1. The zero-order valence-corrected chi connectivity index (χ0v) is 10.5. The number of allylic oxidation sites excluding steroid dienone is 1. The van der Waals surface area contributed by atoms with E-state index in [1.54, 1.807) is 0 Å². The van der Waals surface area contributed by atoms with E-state index in [0.29, 0.717) is 6.42 Å². The largest absolute Gasteiger partial charge is 0.353 e. The van der Waals surface area contributed by atoms with Gasteiger partial charge in [-0.05, 0) is 18.9 Å². The van der Waals surface area contributed by atoms with E-state index >= 15 is 0 Å². The molecule has 0 atom stereocenters. The lowest BCUT2D eigenvalue weighted by Gasteiger charge is -1.99. The number of carbonyl (C=O) groups excluding carboxylic acids is 1. The maximum absolute atomic E-state index is 12.9. The molecular weight excluding hydrogens is 205 g/mol. The standard InChI is InChI=1S/C13H24FNO/c1-3-4-5-6-7-8-9-10-11-12(14)13(16)15-2/h11H,3-10H2,1-2H3,(H,15,16)/b12-11+. The van der Waals surface area contributed by atoms with E-state index in [1.165, 1.54) is 45.2 Å². The summed E-state index contributed by atoms with van der Waals surface area (Å²) in [4.78, 5) is 10.8. The summed E-state index contributed by atoms with van der Waals surface area (Å²) in [6.45, 7) is 2.20. The Balaban J connectivity index is 3.35. The Morgan fingerprint density at radius 3 is 2.25 bits per heavy atom. The molecule has 3 heteroatoms. The van der Waals surface area contributed by atoms with Crippen molar-refractivity contribution < 1.29 is 9.18 Å². The van der Waals surface area contributed by atoms with Crippen molar-refractivity contribution in [2.45, 2.75) is 58.3 Å². The Hall–Kier alpha value is -0.860. The number of hydrogen-bond donors (Lipinski definition) is 1. The summed E-state index contributed by atoms with van der Waals surface area (Å²) in [5, 5.41) is 2.26. The van der Waals surface area contributed by atoms with Crippen molar-refractivity contribution in [2.24, 2.45) is 0 Å². The molecule has 0 fully saturated rings. The first-order valence-corrected chi connectivity index (χ1v) is 6.30. The number of rotatable bonds is 9. The lowest BCUT2D eigenvalue weighted by atomic mass is 10.1. The van der Waals surface area contributed by atoms with Crippen LogP contribution in [0.1, 0.15) is 58.3 Å². The quantitative estimate of drug-likeness (QED) is 0.474. The van der Waals surface area contributed by atoms with Crippen LogP contribution in [0, 0.1) is 0 Å². The minimum Gasteiger partial charge on any atom is -0.353 e. The number of unbranched alkanes of at least 4 members (excludes halogenated alkanes) is 7. The van der Waals surface area contributed by atoms with Gasteiger partial charge in [0.2, 0.25) is 0 Å². The molecule has 2 nitrogen and oxygen atoms in total. The lowest BCUT2D eigenvalue weighted by molar-refractivity contribution is -0.118. The molecular formula is C13H24FNO. The molecule has 0 aliphatic carbocycles. The fraction of sp³-hybridized carbons (Fsp3) is 0.769. The molecule has 0 spiro atoms. The third-order valence-corrected chi connectivity index (χ3v) is 2.58. The van der Waals surface area contributed by atoms with Gasteiger partial charge < -0.3 is 5.32 Å². The van der Waals surface area contributed by atoms with E-state index in [-0.39, 0.29) is 0 Å². The normalized spacial score (nSPS) is 11.6. The Bertz CT molecular complexity index is 214. The van der Waals surface area contributed by atoms with Gasteiger partial charge in [0.1, 0.15) is 0 Å². The first-order valence-electron chi connectivity index (χ1n) is 6.30. The third kappa shape index (κ3) is 8.45. The van der Waals surface area contributed by atoms with Gasteiger partial charge in [-0.25, -0.2) is 4.39 Å². The Labute approximate surface area is 98.3 Å². The molecule has 0 aliphatic rings. The van der Waals surface area contributed by atoms with Crippen molar-refractivity contribution in [3.8, 4) is 0 Å². The van der Waals surface area contributed by atoms with Crippen molar-refractivity contribution in [1.29, 1.82) is 0 Å². The molecule has 0 aromatic heterocycles. The Kier molecular flexibility index (Phi) is 10.1. The van der Waals surface area contributed by atoms with Gasteiger partial charge >= 0.3 is 0 Å². The molecule has 0 aliphatic heterocycles. The monoisotopic (exact) mass is 229 g/mol. The number of likely N-dealkylation sites (N-methyl/N-ethyl adjacent to an activating group) is 1. The van der Waals surface area contributed by atoms with Gasteiger partial charge in [-0.3, -0.25) is 4.79 Å². The highest BCUT2D eigenvalue weighted by Crippen LogP contribution is 2.09. The van der Waals surface area contributed by atoms with Crippen LogP contribution in [-0.2, 0) is 4.79 Å². The molecule has 0 aromatic rings. The number of carbonyl (C=O) groups is 1. The molecule has 0 bridgehead atoms. The second-order valence-electron chi connectivity index (χ2n) is 4.04. The topological polar surface area (TPSA) is 29.1 Å². The van der Waals surface area contributed by atoms with E-state index in [2.05, 4.69) is 12.2 Å². The minimum absolute atomic E-state index is 0.622. The van der Waals surface area contributed by atoms with Crippen molar-refractivity contribution >= 4 is 5.91 Å². The van der Waals surface area contributed by atoms with E-state index < -0.39 is 11.7 Å². The molecule has 0 heterocycles. The summed E-state index contributed by atoms with van der Waals surface area (Å²) in [5.74, 6) is -1.28. The van der Waals surface area contributed by atoms with Gasteiger partial charge in [0.25, 0.3) is 5.91 Å². The average Bonchev–Trinajstić information content (AvgIpc) is 2.31. The zero-order chi connectivity index (χ0) is 12.2. The van der Waals surface area contributed by atoms with E-state index in [4.69, 9.17) is 0 Å². The molecule has 1 amide bonds. The summed E-state index contributed by atoms with van der Waals surface area (Å²) in [5.41, 5.74) is 0. The van der Waals surface area contributed by atoms with Crippen LogP contribution in [0.25, 0.3) is 0 Å². The van der Waals surface area contributed by atoms with E-state index in [9.17, 15) is 9.18 Å². The number of nitrogens with one attached hydrogen (secondary N) is 1. The minimum atomic E-state index is -0.659. The first kappa shape index (κ1) is 15.1. The van der Waals surface area contributed by atoms with Crippen LogP contribution in [0.15, 0.2) is 11.9 Å². The van der Waals surface area contributed by atoms with Crippen molar-refractivity contribution in [3.05, 3.63) is 11.9 Å². The molecule has 94 valence electrons. The summed E-state index contributed by atoms with van der Waals surface area (Å²) in [6, 6.07) is 0. The molecule has 0 saturated heterocycles. The van der Waals surface area contributed by atoms with E-state index in [1.807, 2.05) is 0 Å². The Morgan fingerprint density at radius 1 is 1.12 bits per heavy atom. The summed E-state index contributed by atoms with van der Waals surface area (Å²) < 4.78 is 12.9. The smallest absolute Gasteiger partial charge is 0.279 e. The second-order valence-corrected chi connectivity index (χ2v) is 4.04. The maximum atomic E-state index is 12.9. The lowest BCUT2D eigenvalue weighted by Crippen LogP contribution is -2.17.